The average Bonchev–Trinajstić information content (AvgIpc) is 2.23. The molecule has 0 atom stereocenters. The van der Waals surface area contributed by atoms with Gasteiger partial charge in [0.25, 0.3) is 5.56 Å². The van der Waals surface area contributed by atoms with Crippen LogP contribution in [-0.2, 0) is 6.54 Å². The number of halogens is 1. The molecule has 0 unspecified atom stereocenters. The van der Waals surface area contributed by atoms with E-state index in [9.17, 15) is 9.59 Å². The third-order valence-electron chi connectivity index (χ3n) is 1.98. The zero-order chi connectivity index (χ0) is 12.8. The van der Waals surface area contributed by atoms with E-state index in [0.717, 1.165) is 9.04 Å². The Kier molecular flexibility index (Phi) is 4.90. The number of aromatic amines is 1. The minimum Gasteiger partial charge on any atom is -0.311 e. The van der Waals surface area contributed by atoms with E-state index >= 15 is 0 Å². The van der Waals surface area contributed by atoms with Gasteiger partial charge in [-0.25, -0.2) is 4.79 Å². The van der Waals surface area contributed by atoms with Crippen LogP contribution in [0.3, 0.4) is 0 Å². The number of rotatable bonds is 2. The van der Waals surface area contributed by atoms with Gasteiger partial charge in [0.05, 0.1) is 0 Å². The van der Waals surface area contributed by atoms with Crippen molar-refractivity contribution in [2.75, 3.05) is 0 Å². The van der Waals surface area contributed by atoms with Crippen molar-refractivity contribution in [3.05, 3.63) is 67.9 Å². The van der Waals surface area contributed by atoms with Crippen LogP contribution in [-0.4, -0.2) is 9.55 Å². The number of nitrogens with zero attached hydrogens (tertiary/aromatic N) is 1. The fourth-order valence-corrected chi connectivity index (χ4v) is 1.74. The van der Waals surface area contributed by atoms with Gasteiger partial charge in [0.1, 0.15) is 0 Å². The molecule has 0 aromatic carbocycles. The molecule has 0 fully saturated rings. The third kappa shape index (κ3) is 4.03. The molecule has 0 aliphatic heterocycles. The molecule has 90 valence electrons. The molecule has 0 spiro atoms. The van der Waals surface area contributed by atoms with Crippen molar-refractivity contribution in [3.8, 4) is 0 Å². The van der Waals surface area contributed by atoms with Crippen LogP contribution in [0.1, 0.15) is 5.69 Å². The summed E-state index contributed by atoms with van der Waals surface area (Å²) in [6.45, 7) is 5.44. The van der Waals surface area contributed by atoms with Gasteiger partial charge in [-0.1, -0.05) is 28.1 Å². The van der Waals surface area contributed by atoms with Crippen LogP contribution in [0, 0.1) is 6.92 Å². The minimum absolute atomic E-state index is 0.174. The lowest BCUT2D eigenvalue weighted by Gasteiger charge is -1.96. The first-order valence-electron chi connectivity index (χ1n) is 5.00. The summed E-state index contributed by atoms with van der Waals surface area (Å²) in [6, 6.07) is 6.40. The van der Waals surface area contributed by atoms with Gasteiger partial charge in [-0.05, 0) is 19.1 Å². The predicted molar refractivity (Wildman–Crippen MR) is 71.6 cm³/mol. The van der Waals surface area contributed by atoms with Crippen molar-refractivity contribution < 1.29 is 0 Å². The standard InChI is InChI=1S/C12H13BrN2O2/c1-3-7-15-11(16)6-4-5-10(13)8-9(2)14-12(15)17/h3-6,8H,1,7H2,2H3,(H,14,17). The zero-order valence-electron chi connectivity index (χ0n) is 9.44. The lowest BCUT2D eigenvalue weighted by Crippen LogP contribution is -2.31. The van der Waals surface area contributed by atoms with Crippen LogP contribution in [0.2, 0.25) is 0 Å². The lowest BCUT2D eigenvalue weighted by atomic mass is 10.4. The van der Waals surface area contributed by atoms with Crippen LogP contribution >= 0.6 is 15.9 Å². The third-order valence-corrected chi connectivity index (χ3v) is 2.47. The van der Waals surface area contributed by atoms with E-state index in [0.29, 0.717) is 5.69 Å². The first-order chi connectivity index (χ1) is 8.04. The number of hydrogen-bond acceptors (Lipinski definition) is 2. The highest BCUT2D eigenvalue weighted by Gasteiger charge is 1.94. The van der Waals surface area contributed by atoms with Crippen molar-refractivity contribution in [1.29, 1.82) is 0 Å². The van der Waals surface area contributed by atoms with E-state index < -0.39 is 5.69 Å². The van der Waals surface area contributed by atoms with Crippen molar-refractivity contribution in [3.63, 3.8) is 0 Å². The smallest absolute Gasteiger partial charge is 0.311 e. The average molecular weight is 297 g/mol. The topological polar surface area (TPSA) is 54.9 Å². The summed E-state index contributed by atoms with van der Waals surface area (Å²) in [4.78, 5) is 26.1. The molecular weight excluding hydrogens is 284 g/mol. The van der Waals surface area contributed by atoms with Crippen molar-refractivity contribution in [2.45, 2.75) is 13.5 Å². The zero-order valence-corrected chi connectivity index (χ0v) is 11.0. The number of hydrogen-bond donors (Lipinski definition) is 1. The number of aryl methyl sites for hydroxylation is 1. The first kappa shape index (κ1) is 13.4. The highest BCUT2D eigenvalue weighted by Crippen LogP contribution is 2.04. The fourth-order valence-electron chi connectivity index (χ4n) is 1.24. The molecule has 0 saturated carbocycles. The normalized spacial score (nSPS) is 9.53. The molecule has 0 saturated heterocycles. The van der Waals surface area contributed by atoms with E-state index in [1.807, 2.05) is 0 Å². The Labute approximate surface area is 107 Å². The Hall–Kier alpha value is -1.62. The first-order valence-corrected chi connectivity index (χ1v) is 5.79. The van der Waals surface area contributed by atoms with E-state index in [2.05, 4.69) is 27.5 Å². The largest absolute Gasteiger partial charge is 0.328 e. The molecule has 4 nitrogen and oxygen atoms in total. The molecule has 1 aromatic heterocycles. The summed E-state index contributed by atoms with van der Waals surface area (Å²) in [5.41, 5.74) is -0.195. The second kappa shape index (κ2) is 6.20. The molecular formula is C12H13BrN2O2. The molecule has 0 amide bonds. The summed E-state index contributed by atoms with van der Waals surface area (Å²) in [5, 5.41) is 0. The number of nitrogens with one attached hydrogen (secondary N) is 1. The SMILES string of the molecule is C=CCn1c(=O)cccc(Br)cc(C)[nH]c1=O. The van der Waals surface area contributed by atoms with Crippen molar-refractivity contribution in [1.82, 2.24) is 9.55 Å². The Morgan fingerprint density at radius 3 is 2.82 bits per heavy atom. The van der Waals surface area contributed by atoms with E-state index in [4.69, 9.17) is 0 Å². The molecule has 1 aromatic rings. The number of aromatic nitrogens is 2. The van der Waals surface area contributed by atoms with Gasteiger partial charge >= 0.3 is 5.69 Å². The second-order valence-electron chi connectivity index (χ2n) is 3.41. The summed E-state index contributed by atoms with van der Waals surface area (Å²) < 4.78 is 1.85. The summed E-state index contributed by atoms with van der Waals surface area (Å²) in [5.74, 6) is 0. The van der Waals surface area contributed by atoms with Crippen LogP contribution in [0.15, 0.2) is 51.0 Å². The van der Waals surface area contributed by atoms with Gasteiger partial charge in [-0.3, -0.25) is 9.36 Å². The maximum absolute atomic E-state index is 11.8. The highest BCUT2D eigenvalue weighted by atomic mass is 79.9. The van der Waals surface area contributed by atoms with Crippen LogP contribution in [0.4, 0.5) is 0 Å². The maximum Gasteiger partial charge on any atom is 0.328 e. The van der Waals surface area contributed by atoms with Gasteiger partial charge in [0.2, 0.25) is 0 Å². The van der Waals surface area contributed by atoms with Crippen LogP contribution in [0.5, 0.6) is 0 Å². The van der Waals surface area contributed by atoms with Gasteiger partial charge in [0, 0.05) is 22.8 Å². The van der Waals surface area contributed by atoms with E-state index in [-0.39, 0.29) is 12.1 Å². The number of allylic oxidation sites excluding steroid dienone is 1. The summed E-state index contributed by atoms with van der Waals surface area (Å²) in [7, 11) is 0. The minimum atomic E-state index is -0.462. The molecule has 17 heavy (non-hydrogen) atoms. The predicted octanol–water partition coefficient (Wildman–Crippen LogP) is 1.92. The van der Waals surface area contributed by atoms with E-state index in [1.165, 1.54) is 12.1 Å². The Balaban J connectivity index is 3.71. The number of H-pyrrole nitrogens is 1. The molecule has 0 aliphatic rings. The molecule has 0 radical (unpaired) electrons. The Morgan fingerprint density at radius 1 is 1.47 bits per heavy atom. The molecule has 1 N–H and O–H groups in total. The molecule has 0 aliphatic carbocycles. The summed E-state index contributed by atoms with van der Waals surface area (Å²) in [6.07, 6.45) is 1.50. The van der Waals surface area contributed by atoms with Crippen LogP contribution < -0.4 is 11.2 Å². The summed E-state index contributed by atoms with van der Waals surface area (Å²) >= 11 is 3.30. The van der Waals surface area contributed by atoms with Crippen molar-refractivity contribution >= 4 is 15.9 Å². The second-order valence-corrected chi connectivity index (χ2v) is 4.32. The van der Waals surface area contributed by atoms with Gasteiger partial charge < -0.3 is 4.98 Å². The maximum atomic E-state index is 11.8. The van der Waals surface area contributed by atoms with E-state index in [1.54, 1.807) is 25.1 Å². The van der Waals surface area contributed by atoms with Crippen LogP contribution in [0.25, 0.3) is 0 Å². The molecule has 1 heterocycles. The van der Waals surface area contributed by atoms with Crippen molar-refractivity contribution in [2.24, 2.45) is 0 Å². The van der Waals surface area contributed by atoms with Gasteiger partial charge in [-0.2, -0.15) is 0 Å². The monoisotopic (exact) mass is 296 g/mol. The quantitative estimate of drug-likeness (QED) is 0.848. The molecule has 1 rings (SSSR count). The fraction of sp³-hybridized carbons (Fsp3) is 0.167. The highest BCUT2D eigenvalue weighted by molar-refractivity contribution is 9.10. The molecule has 5 heteroatoms. The van der Waals surface area contributed by atoms with Gasteiger partial charge in [-0.15, -0.1) is 6.58 Å². The Bertz CT molecular complexity index is 586. The van der Waals surface area contributed by atoms with Gasteiger partial charge in [0.15, 0.2) is 0 Å². The lowest BCUT2D eigenvalue weighted by molar-refractivity contribution is 0.722. The molecule has 0 bridgehead atoms. The Morgan fingerprint density at radius 2 is 2.18 bits per heavy atom.